The Balaban J connectivity index is 2.51. The molecule has 1 heterocycles. The normalized spacial score (nSPS) is 20.8. The number of hydrogen-bond acceptors (Lipinski definition) is 3. The first-order chi connectivity index (χ1) is 9.25. The molecular formula is C15H24N2O2S. The molecule has 0 aliphatic carbocycles. The van der Waals surface area contributed by atoms with Gasteiger partial charge in [-0.25, -0.2) is 8.42 Å². The lowest BCUT2D eigenvalue weighted by Crippen LogP contribution is -2.38. The van der Waals surface area contributed by atoms with Crippen LogP contribution in [0.2, 0.25) is 0 Å². The summed E-state index contributed by atoms with van der Waals surface area (Å²) in [4.78, 5) is 0.363. The first-order valence-corrected chi connectivity index (χ1v) is 8.57. The van der Waals surface area contributed by atoms with Crippen LogP contribution in [0.5, 0.6) is 0 Å². The first-order valence-electron chi connectivity index (χ1n) is 7.13. The average molecular weight is 296 g/mol. The lowest BCUT2D eigenvalue weighted by Gasteiger charge is -2.28. The molecule has 1 aromatic rings. The summed E-state index contributed by atoms with van der Waals surface area (Å²) in [6, 6.07) is 3.51. The van der Waals surface area contributed by atoms with E-state index in [1.807, 2.05) is 19.9 Å². The van der Waals surface area contributed by atoms with E-state index in [2.05, 4.69) is 13.8 Å². The number of sulfonamides is 1. The predicted octanol–water partition coefficient (Wildman–Crippen LogP) is 2.69. The number of aryl methyl sites for hydroxylation is 1. The second-order valence-electron chi connectivity index (χ2n) is 6.03. The van der Waals surface area contributed by atoms with Crippen LogP contribution in [0.3, 0.4) is 0 Å². The molecular weight excluding hydrogens is 272 g/mol. The fourth-order valence-corrected chi connectivity index (χ4v) is 5.14. The van der Waals surface area contributed by atoms with E-state index in [9.17, 15) is 8.42 Å². The third kappa shape index (κ3) is 2.56. The van der Waals surface area contributed by atoms with Crippen molar-refractivity contribution in [2.75, 3.05) is 12.3 Å². The van der Waals surface area contributed by atoms with Crippen molar-refractivity contribution in [3.8, 4) is 0 Å². The highest BCUT2D eigenvalue weighted by Crippen LogP contribution is 2.32. The molecule has 1 fully saturated rings. The van der Waals surface area contributed by atoms with Gasteiger partial charge in [-0.05, 0) is 55.9 Å². The van der Waals surface area contributed by atoms with Gasteiger partial charge in [0.2, 0.25) is 10.0 Å². The number of anilines is 1. The van der Waals surface area contributed by atoms with E-state index in [1.165, 1.54) is 0 Å². The van der Waals surface area contributed by atoms with E-state index in [4.69, 9.17) is 5.73 Å². The number of nitrogen functional groups attached to an aromatic ring is 1. The van der Waals surface area contributed by atoms with Crippen LogP contribution in [0.25, 0.3) is 0 Å². The van der Waals surface area contributed by atoms with Gasteiger partial charge in [-0.3, -0.25) is 0 Å². The third-order valence-electron chi connectivity index (χ3n) is 4.25. The SMILES string of the molecule is Cc1cc(N)cc(S(=O)(=O)N2CCCC2C(C)C)c1C. The summed E-state index contributed by atoms with van der Waals surface area (Å²) >= 11 is 0. The van der Waals surface area contributed by atoms with Crippen molar-refractivity contribution < 1.29 is 8.42 Å². The maximum Gasteiger partial charge on any atom is 0.243 e. The summed E-state index contributed by atoms with van der Waals surface area (Å²) < 4.78 is 27.6. The molecule has 1 aliphatic rings. The summed E-state index contributed by atoms with van der Waals surface area (Å²) in [5, 5.41) is 0. The van der Waals surface area contributed by atoms with Gasteiger partial charge in [0.1, 0.15) is 0 Å². The zero-order valence-electron chi connectivity index (χ0n) is 12.7. The average Bonchev–Trinajstić information content (AvgIpc) is 2.83. The first kappa shape index (κ1) is 15.3. The predicted molar refractivity (Wildman–Crippen MR) is 82.1 cm³/mol. The molecule has 0 saturated carbocycles. The van der Waals surface area contributed by atoms with Gasteiger partial charge in [-0.2, -0.15) is 4.31 Å². The number of rotatable bonds is 3. The van der Waals surface area contributed by atoms with Crippen LogP contribution >= 0.6 is 0 Å². The summed E-state index contributed by atoms with van der Waals surface area (Å²) in [7, 11) is -3.46. The molecule has 20 heavy (non-hydrogen) atoms. The minimum Gasteiger partial charge on any atom is -0.399 e. The van der Waals surface area contributed by atoms with Crippen LogP contribution in [0.4, 0.5) is 5.69 Å². The molecule has 1 saturated heterocycles. The Kier molecular flexibility index (Phi) is 4.12. The number of benzene rings is 1. The second kappa shape index (κ2) is 5.37. The Hall–Kier alpha value is -1.07. The minimum absolute atomic E-state index is 0.0983. The quantitative estimate of drug-likeness (QED) is 0.872. The highest BCUT2D eigenvalue weighted by atomic mass is 32.2. The van der Waals surface area contributed by atoms with E-state index in [1.54, 1.807) is 10.4 Å². The number of nitrogens with two attached hydrogens (primary N) is 1. The molecule has 1 atom stereocenters. The molecule has 4 nitrogen and oxygen atoms in total. The van der Waals surface area contributed by atoms with Gasteiger partial charge in [0.15, 0.2) is 0 Å². The lowest BCUT2D eigenvalue weighted by atomic mass is 10.0. The molecule has 0 amide bonds. The molecule has 2 N–H and O–H groups in total. The van der Waals surface area contributed by atoms with E-state index in [0.29, 0.717) is 23.0 Å². The monoisotopic (exact) mass is 296 g/mol. The summed E-state index contributed by atoms with van der Waals surface area (Å²) in [6.45, 7) is 8.52. The highest BCUT2D eigenvalue weighted by Gasteiger charge is 2.37. The van der Waals surface area contributed by atoms with Crippen molar-refractivity contribution >= 4 is 15.7 Å². The van der Waals surface area contributed by atoms with Gasteiger partial charge in [0.25, 0.3) is 0 Å². The molecule has 1 aliphatic heterocycles. The Morgan fingerprint density at radius 2 is 1.95 bits per heavy atom. The van der Waals surface area contributed by atoms with Crippen LogP contribution in [0.15, 0.2) is 17.0 Å². The fraction of sp³-hybridized carbons (Fsp3) is 0.600. The molecule has 0 aromatic heterocycles. The molecule has 1 unspecified atom stereocenters. The zero-order valence-corrected chi connectivity index (χ0v) is 13.5. The van der Waals surface area contributed by atoms with Crippen molar-refractivity contribution in [2.45, 2.75) is 51.5 Å². The highest BCUT2D eigenvalue weighted by molar-refractivity contribution is 7.89. The summed E-state index contributed by atoms with van der Waals surface area (Å²) in [5.41, 5.74) is 8.06. The van der Waals surface area contributed by atoms with Gasteiger partial charge in [0, 0.05) is 18.3 Å². The Labute approximate surface area is 122 Å². The van der Waals surface area contributed by atoms with E-state index in [-0.39, 0.29) is 6.04 Å². The third-order valence-corrected chi connectivity index (χ3v) is 6.30. The van der Waals surface area contributed by atoms with Gasteiger partial charge >= 0.3 is 0 Å². The van der Waals surface area contributed by atoms with Crippen LogP contribution < -0.4 is 5.73 Å². The maximum atomic E-state index is 12.9. The second-order valence-corrected chi connectivity index (χ2v) is 7.89. The fourth-order valence-electron chi connectivity index (χ4n) is 2.98. The molecule has 0 bridgehead atoms. The van der Waals surface area contributed by atoms with Crippen LogP contribution in [-0.2, 0) is 10.0 Å². The topological polar surface area (TPSA) is 63.4 Å². The van der Waals surface area contributed by atoms with Crippen LogP contribution in [-0.4, -0.2) is 25.3 Å². The van der Waals surface area contributed by atoms with Crippen molar-refractivity contribution in [2.24, 2.45) is 5.92 Å². The van der Waals surface area contributed by atoms with Gasteiger partial charge in [-0.1, -0.05) is 13.8 Å². The molecule has 2 rings (SSSR count). The summed E-state index contributed by atoms with van der Waals surface area (Å²) in [6.07, 6.45) is 1.87. The molecule has 0 radical (unpaired) electrons. The van der Waals surface area contributed by atoms with E-state index in [0.717, 1.165) is 24.0 Å². The van der Waals surface area contributed by atoms with Crippen LogP contribution in [0, 0.1) is 19.8 Å². The summed E-state index contributed by atoms with van der Waals surface area (Å²) in [5.74, 6) is 0.328. The standard InChI is InChI=1S/C15H24N2O2S/c1-10(2)14-6-5-7-17(14)20(18,19)15-9-13(16)8-11(3)12(15)4/h8-10,14H,5-7,16H2,1-4H3. The number of nitrogens with zero attached hydrogens (tertiary/aromatic N) is 1. The van der Waals surface area contributed by atoms with E-state index >= 15 is 0 Å². The number of hydrogen-bond donors (Lipinski definition) is 1. The van der Waals surface area contributed by atoms with E-state index < -0.39 is 10.0 Å². The molecule has 5 heteroatoms. The largest absolute Gasteiger partial charge is 0.399 e. The molecule has 1 aromatic carbocycles. The van der Waals surface area contributed by atoms with Gasteiger partial charge < -0.3 is 5.73 Å². The minimum atomic E-state index is -3.46. The smallest absolute Gasteiger partial charge is 0.243 e. The zero-order chi connectivity index (χ0) is 15.1. The van der Waals surface area contributed by atoms with Crippen molar-refractivity contribution in [3.63, 3.8) is 0 Å². The van der Waals surface area contributed by atoms with Crippen molar-refractivity contribution in [1.29, 1.82) is 0 Å². The lowest BCUT2D eigenvalue weighted by molar-refractivity contribution is 0.315. The van der Waals surface area contributed by atoms with Crippen LogP contribution in [0.1, 0.15) is 37.8 Å². The van der Waals surface area contributed by atoms with Crippen molar-refractivity contribution in [1.82, 2.24) is 4.31 Å². The Morgan fingerprint density at radius 3 is 2.55 bits per heavy atom. The van der Waals surface area contributed by atoms with Gasteiger partial charge in [-0.15, -0.1) is 0 Å². The van der Waals surface area contributed by atoms with Gasteiger partial charge in [0.05, 0.1) is 4.90 Å². The Morgan fingerprint density at radius 1 is 1.30 bits per heavy atom. The van der Waals surface area contributed by atoms with Crippen molar-refractivity contribution in [3.05, 3.63) is 23.3 Å². The molecule has 0 spiro atoms. The molecule has 112 valence electrons. The maximum absolute atomic E-state index is 12.9. The Bertz CT molecular complexity index is 609.